The summed E-state index contributed by atoms with van der Waals surface area (Å²) in [6.07, 6.45) is 0.267. The van der Waals surface area contributed by atoms with Crippen LogP contribution in [0, 0.1) is 5.82 Å². The Morgan fingerprint density at radius 2 is 1.90 bits per heavy atom. The third-order valence-corrected chi connectivity index (χ3v) is 8.14. The normalized spacial score (nSPS) is 17.3. The van der Waals surface area contributed by atoms with Crippen LogP contribution >= 0.6 is 11.3 Å². The van der Waals surface area contributed by atoms with Crippen LogP contribution in [0.5, 0.6) is 11.5 Å². The maximum atomic E-state index is 14.8. The van der Waals surface area contributed by atoms with Gasteiger partial charge in [0.05, 0.1) is 44.1 Å². The molecule has 0 radical (unpaired) electrons. The Bertz CT molecular complexity index is 1390. The second-order valence-electron chi connectivity index (χ2n) is 9.75. The number of carbonyl (C=O) groups is 2. The molecule has 11 heteroatoms. The number of halogens is 1. The van der Waals surface area contributed by atoms with Crippen LogP contribution in [0.2, 0.25) is 0 Å². The van der Waals surface area contributed by atoms with Gasteiger partial charge < -0.3 is 19.1 Å². The van der Waals surface area contributed by atoms with Gasteiger partial charge in [-0.2, -0.15) is 5.10 Å². The number of hydrazone groups is 1. The Labute approximate surface area is 242 Å². The average molecular weight is 581 g/mol. The van der Waals surface area contributed by atoms with Crippen molar-refractivity contribution in [3.05, 3.63) is 81.8 Å². The number of thiophene rings is 1. The summed E-state index contributed by atoms with van der Waals surface area (Å²) in [4.78, 5) is 31.9. The molecule has 1 unspecified atom stereocenters. The van der Waals surface area contributed by atoms with E-state index in [1.165, 1.54) is 22.4 Å². The van der Waals surface area contributed by atoms with E-state index in [0.29, 0.717) is 59.5 Å². The number of nitrogens with zero attached hydrogens (tertiary/aromatic N) is 4. The van der Waals surface area contributed by atoms with Crippen molar-refractivity contribution >= 4 is 28.9 Å². The Morgan fingerprint density at radius 3 is 2.61 bits per heavy atom. The molecule has 0 saturated carbocycles. The minimum atomic E-state index is -0.583. The molecule has 3 aromatic rings. The molecule has 0 bridgehead atoms. The molecule has 2 aromatic carbocycles. The van der Waals surface area contributed by atoms with E-state index in [2.05, 4.69) is 10.0 Å². The minimum absolute atomic E-state index is 0.183. The Kier molecular flexibility index (Phi) is 9.28. The molecule has 216 valence electrons. The highest BCUT2D eigenvalue weighted by Gasteiger charge is 2.37. The first-order valence-corrected chi connectivity index (χ1v) is 14.4. The van der Waals surface area contributed by atoms with Crippen molar-refractivity contribution in [2.24, 2.45) is 5.10 Å². The van der Waals surface area contributed by atoms with Crippen molar-refractivity contribution in [2.75, 3.05) is 60.2 Å². The molecule has 0 spiro atoms. The van der Waals surface area contributed by atoms with E-state index in [4.69, 9.17) is 14.2 Å². The number of carbonyl (C=O) groups excluding carboxylic acids is 2. The zero-order valence-corrected chi connectivity index (χ0v) is 23.9. The van der Waals surface area contributed by atoms with E-state index in [1.54, 1.807) is 61.6 Å². The quantitative estimate of drug-likeness (QED) is 0.360. The van der Waals surface area contributed by atoms with Gasteiger partial charge in [0.1, 0.15) is 23.9 Å². The summed E-state index contributed by atoms with van der Waals surface area (Å²) >= 11 is 1.34. The van der Waals surface area contributed by atoms with Crippen molar-refractivity contribution in [3.8, 4) is 11.5 Å². The van der Waals surface area contributed by atoms with Gasteiger partial charge in [0.15, 0.2) is 0 Å². The number of hydrogen-bond acceptors (Lipinski definition) is 8. The molecule has 5 rings (SSSR count). The summed E-state index contributed by atoms with van der Waals surface area (Å²) in [6.45, 7) is 3.63. The Morgan fingerprint density at radius 1 is 1.10 bits per heavy atom. The first-order valence-electron chi connectivity index (χ1n) is 13.5. The monoisotopic (exact) mass is 580 g/mol. The fourth-order valence-corrected chi connectivity index (χ4v) is 5.76. The number of benzene rings is 2. The zero-order valence-electron chi connectivity index (χ0n) is 23.1. The second kappa shape index (κ2) is 13.2. The molecule has 9 nitrogen and oxygen atoms in total. The van der Waals surface area contributed by atoms with E-state index >= 15 is 0 Å². The topological polar surface area (TPSA) is 83.9 Å². The Hall–Kier alpha value is -3.80. The smallest absolute Gasteiger partial charge is 0.264 e. The van der Waals surface area contributed by atoms with E-state index in [9.17, 15) is 14.0 Å². The van der Waals surface area contributed by atoms with Crippen LogP contribution in [0.4, 0.5) is 4.39 Å². The number of ether oxygens (including phenoxy) is 3. The fraction of sp³-hybridized carbons (Fsp3) is 0.367. The van der Waals surface area contributed by atoms with Crippen LogP contribution in [-0.4, -0.2) is 92.5 Å². The lowest BCUT2D eigenvalue weighted by Gasteiger charge is -2.31. The van der Waals surface area contributed by atoms with Gasteiger partial charge in [-0.1, -0.05) is 24.3 Å². The highest BCUT2D eigenvalue weighted by molar-refractivity contribution is 7.12. The van der Waals surface area contributed by atoms with Crippen LogP contribution in [0.1, 0.15) is 33.3 Å². The summed E-state index contributed by atoms with van der Waals surface area (Å²) in [5, 5.41) is 7.84. The van der Waals surface area contributed by atoms with Crippen molar-refractivity contribution in [3.63, 3.8) is 0 Å². The van der Waals surface area contributed by atoms with E-state index < -0.39 is 11.9 Å². The summed E-state index contributed by atoms with van der Waals surface area (Å²) in [5.74, 6) is 0.134. The van der Waals surface area contributed by atoms with Crippen LogP contribution in [-0.2, 0) is 9.53 Å². The molecule has 0 N–H and O–H groups in total. The number of morpholine rings is 1. The largest absolute Gasteiger partial charge is 0.497 e. The SMILES string of the molecule is COc1ccc(OC)c(C2CC(c3ccccc3F)=NN2C(=O)CN(CCN2CCOCC2)C(=O)c2cccs2)c1. The number of rotatable bonds is 10. The van der Waals surface area contributed by atoms with Crippen LogP contribution < -0.4 is 9.47 Å². The van der Waals surface area contributed by atoms with E-state index in [0.717, 1.165) is 13.1 Å². The lowest BCUT2D eigenvalue weighted by Crippen LogP contribution is -2.46. The fourth-order valence-electron chi connectivity index (χ4n) is 5.07. The second-order valence-corrected chi connectivity index (χ2v) is 10.7. The third-order valence-electron chi connectivity index (χ3n) is 7.28. The van der Waals surface area contributed by atoms with Crippen LogP contribution in [0.3, 0.4) is 0 Å². The van der Waals surface area contributed by atoms with Gasteiger partial charge in [0, 0.05) is 43.7 Å². The minimum Gasteiger partial charge on any atom is -0.497 e. The number of amides is 2. The van der Waals surface area contributed by atoms with Gasteiger partial charge in [0.25, 0.3) is 11.8 Å². The van der Waals surface area contributed by atoms with Gasteiger partial charge in [-0.3, -0.25) is 14.5 Å². The summed E-state index contributed by atoms with van der Waals surface area (Å²) in [7, 11) is 3.12. The maximum Gasteiger partial charge on any atom is 0.264 e. The maximum absolute atomic E-state index is 14.8. The van der Waals surface area contributed by atoms with Crippen molar-refractivity contribution in [1.82, 2.24) is 14.8 Å². The summed E-state index contributed by atoms with van der Waals surface area (Å²) in [5.41, 5.74) is 1.45. The predicted molar refractivity (Wildman–Crippen MR) is 154 cm³/mol. The Balaban J connectivity index is 1.46. The molecule has 2 amide bonds. The molecule has 0 aliphatic carbocycles. The predicted octanol–water partition coefficient (Wildman–Crippen LogP) is 4.06. The van der Waals surface area contributed by atoms with Crippen molar-refractivity contribution in [1.29, 1.82) is 0 Å². The van der Waals surface area contributed by atoms with E-state index in [1.807, 2.05) is 11.4 Å². The molecular formula is C30H33FN4O5S. The molecule has 2 aliphatic rings. The van der Waals surface area contributed by atoms with E-state index in [-0.39, 0.29) is 24.8 Å². The molecule has 3 heterocycles. The molecule has 2 aliphatic heterocycles. The number of hydrogen-bond donors (Lipinski definition) is 0. The lowest BCUT2D eigenvalue weighted by molar-refractivity contribution is -0.133. The zero-order chi connectivity index (χ0) is 28.8. The molecule has 1 aromatic heterocycles. The van der Waals surface area contributed by atoms with Gasteiger partial charge in [0.2, 0.25) is 0 Å². The lowest BCUT2D eigenvalue weighted by atomic mass is 9.97. The van der Waals surface area contributed by atoms with Crippen molar-refractivity contribution < 1.29 is 28.2 Å². The molecule has 1 saturated heterocycles. The van der Waals surface area contributed by atoms with Gasteiger partial charge in [-0.15, -0.1) is 11.3 Å². The summed E-state index contributed by atoms with van der Waals surface area (Å²) < 4.78 is 31.3. The third kappa shape index (κ3) is 6.58. The highest BCUT2D eigenvalue weighted by atomic mass is 32.1. The van der Waals surface area contributed by atoms with Crippen LogP contribution in [0.15, 0.2) is 65.1 Å². The van der Waals surface area contributed by atoms with Gasteiger partial charge in [-0.25, -0.2) is 9.40 Å². The van der Waals surface area contributed by atoms with Crippen LogP contribution in [0.25, 0.3) is 0 Å². The van der Waals surface area contributed by atoms with Crippen molar-refractivity contribution in [2.45, 2.75) is 12.5 Å². The highest BCUT2D eigenvalue weighted by Crippen LogP contribution is 2.39. The molecule has 41 heavy (non-hydrogen) atoms. The summed E-state index contributed by atoms with van der Waals surface area (Å²) in [6, 6.07) is 14.7. The van der Waals surface area contributed by atoms with Gasteiger partial charge >= 0.3 is 0 Å². The molecular weight excluding hydrogens is 547 g/mol. The average Bonchev–Trinajstić information content (AvgIpc) is 3.70. The first kappa shape index (κ1) is 28.7. The standard InChI is InChI=1S/C30H33FN4O5S/c1-38-21-9-10-27(39-2)23(18-21)26-19-25(22-6-3-4-7-24(22)31)32-35(26)29(36)20-34(30(37)28-8-5-17-41-28)12-11-33-13-15-40-16-14-33/h3-10,17-18,26H,11-16,19-20H2,1-2H3. The first-order chi connectivity index (χ1) is 20.0. The van der Waals surface area contributed by atoms with Gasteiger partial charge in [-0.05, 0) is 35.7 Å². The number of methoxy groups -OCH3 is 2. The molecule has 1 fully saturated rings. The molecule has 1 atom stereocenters.